The molecule has 0 saturated carbocycles. The molecule has 0 N–H and O–H groups in total. The number of aryl methyl sites for hydroxylation is 2. The largest absolute Gasteiger partial charge is 0.534 e. The average molecular weight is 964 g/mol. The van der Waals surface area contributed by atoms with Gasteiger partial charge in [-0.2, -0.15) is 43.2 Å². The quantitative estimate of drug-likeness (QED) is 0.0426. The minimum Gasteiger partial charge on any atom is -0.493 e. The van der Waals surface area contributed by atoms with Gasteiger partial charge in [-0.25, -0.2) is 9.59 Å². The lowest BCUT2D eigenvalue weighted by Gasteiger charge is -2.20. The molecule has 0 spiro atoms. The summed E-state index contributed by atoms with van der Waals surface area (Å²) >= 11 is 0. The van der Waals surface area contributed by atoms with Gasteiger partial charge in [0.15, 0.2) is 46.0 Å². The average Bonchev–Trinajstić information content (AvgIpc) is 3.61. The van der Waals surface area contributed by atoms with Crippen LogP contribution >= 0.6 is 0 Å². The first-order chi connectivity index (χ1) is 30.5. The van der Waals surface area contributed by atoms with E-state index in [1.54, 1.807) is 0 Å². The van der Waals surface area contributed by atoms with E-state index in [1.807, 2.05) is 0 Å². The minimum atomic E-state index is -6.78. The molecule has 6 aromatic rings. The Bertz CT molecular complexity index is 2970. The van der Waals surface area contributed by atoms with Gasteiger partial charge in [-0.05, 0) is 59.2 Å². The highest BCUT2D eigenvalue weighted by atomic mass is 32.2. The Morgan fingerprint density at radius 3 is 1.17 bits per heavy atom. The molecule has 17 nitrogen and oxygen atoms in total. The number of rotatable bonds is 15. The summed E-state index contributed by atoms with van der Waals surface area (Å²) in [6, 6.07) is 8.89. The van der Waals surface area contributed by atoms with Gasteiger partial charge in [0.2, 0.25) is 0 Å². The van der Waals surface area contributed by atoms with E-state index in [4.69, 9.17) is 46.3 Å². The van der Waals surface area contributed by atoms with Crippen molar-refractivity contribution in [3.63, 3.8) is 0 Å². The lowest BCUT2D eigenvalue weighted by Crippen LogP contribution is -2.29. The third-order valence-corrected chi connectivity index (χ3v) is 12.0. The molecule has 0 aliphatic carbocycles. The van der Waals surface area contributed by atoms with Crippen molar-refractivity contribution in [2.24, 2.45) is 0 Å². The van der Waals surface area contributed by atoms with Crippen LogP contribution in [-0.4, -0.2) is 101 Å². The van der Waals surface area contributed by atoms with Crippen molar-refractivity contribution in [3.8, 4) is 46.0 Å². The summed E-state index contributed by atoms with van der Waals surface area (Å²) in [6.45, 7) is -0.668. The molecule has 0 aliphatic heterocycles. The van der Waals surface area contributed by atoms with Crippen LogP contribution in [0.25, 0.3) is 43.4 Å². The number of benzene rings is 5. The van der Waals surface area contributed by atoms with Gasteiger partial charge >= 0.3 is 43.2 Å². The molecule has 0 saturated heterocycles. The zero-order chi connectivity index (χ0) is 48.1. The predicted octanol–water partition coefficient (Wildman–Crippen LogP) is 7.43. The number of fused-ring (bicyclic) bond motifs is 7. The number of hydrogen-bond donors (Lipinski definition) is 0. The predicted molar refractivity (Wildman–Crippen MR) is 218 cm³/mol. The zero-order valence-corrected chi connectivity index (χ0v) is 36.7. The molecule has 6 rings (SSSR count). The fourth-order valence-electron chi connectivity index (χ4n) is 7.27. The fourth-order valence-corrected chi connectivity index (χ4v) is 8.22. The van der Waals surface area contributed by atoms with Crippen molar-refractivity contribution in [2.75, 3.05) is 56.9 Å². The van der Waals surface area contributed by atoms with Crippen molar-refractivity contribution in [1.82, 2.24) is 4.57 Å². The third kappa shape index (κ3) is 8.06. The molecule has 65 heavy (non-hydrogen) atoms. The third-order valence-electron chi connectivity index (χ3n) is 10.1. The monoisotopic (exact) mass is 963 g/mol. The topological polar surface area (TPSA) is 200 Å². The Labute approximate surface area is 364 Å². The summed E-state index contributed by atoms with van der Waals surface area (Å²) in [5, 5.41) is -2.18. The van der Waals surface area contributed by atoms with Crippen molar-refractivity contribution < 1.29 is 99.0 Å². The number of hydrogen-bond acceptors (Lipinski definition) is 16. The van der Waals surface area contributed by atoms with Gasteiger partial charge in [-0.15, -0.1) is 0 Å². The Balaban J connectivity index is 2.07. The number of methoxy groups -OCH3 is 8. The second-order valence-corrected chi connectivity index (χ2v) is 16.5. The molecule has 25 heteroatoms. The van der Waals surface area contributed by atoms with Crippen LogP contribution in [0.1, 0.15) is 26.3 Å². The van der Waals surface area contributed by atoms with Gasteiger partial charge in [0.1, 0.15) is 11.1 Å². The Kier molecular flexibility index (Phi) is 12.7. The molecular weight excluding hydrogens is 929 g/mol. The number of esters is 2. The minimum absolute atomic E-state index is 0.120. The lowest BCUT2D eigenvalue weighted by atomic mass is 9.93. The van der Waals surface area contributed by atoms with E-state index < -0.39 is 105 Å². The van der Waals surface area contributed by atoms with Crippen LogP contribution in [0.15, 0.2) is 42.5 Å². The number of carbonyl (C=O) groups excluding carboxylic acids is 2. The highest BCUT2D eigenvalue weighted by Crippen LogP contribution is 2.54. The molecule has 1 heterocycles. The van der Waals surface area contributed by atoms with Gasteiger partial charge in [-0.3, -0.25) is 0 Å². The molecule has 0 fully saturated rings. The van der Waals surface area contributed by atoms with Crippen molar-refractivity contribution in [3.05, 3.63) is 59.2 Å². The molecule has 5 aromatic carbocycles. The van der Waals surface area contributed by atoms with E-state index in [0.29, 0.717) is 5.56 Å². The van der Waals surface area contributed by atoms with E-state index in [2.05, 4.69) is 0 Å². The van der Waals surface area contributed by atoms with E-state index in [0.717, 1.165) is 45.1 Å². The molecule has 1 aromatic heterocycles. The number of aromatic nitrogens is 1. The van der Waals surface area contributed by atoms with E-state index in [-0.39, 0.29) is 51.7 Å². The van der Waals surface area contributed by atoms with E-state index in [9.17, 15) is 52.8 Å². The number of alkyl halides is 6. The van der Waals surface area contributed by atoms with Crippen molar-refractivity contribution >= 4 is 75.5 Å². The van der Waals surface area contributed by atoms with Gasteiger partial charge < -0.3 is 50.8 Å². The molecule has 0 atom stereocenters. The molecule has 0 radical (unpaired) electrons. The summed E-state index contributed by atoms with van der Waals surface area (Å²) in [5.74, 6) is -6.04. The van der Waals surface area contributed by atoms with Crippen LogP contribution in [0.5, 0.6) is 46.0 Å². The van der Waals surface area contributed by atoms with Crippen molar-refractivity contribution in [2.45, 2.75) is 24.0 Å². The van der Waals surface area contributed by atoms with E-state index in [1.165, 1.54) is 58.8 Å². The second kappa shape index (κ2) is 17.3. The zero-order valence-electron chi connectivity index (χ0n) is 35.0. The first-order valence-electron chi connectivity index (χ1n) is 18.2. The second-order valence-electron chi connectivity index (χ2n) is 13.4. The maximum Gasteiger partial charge on any atom is 0.534 e. The molecule has 0 unspecified atom stereocenters. The number of halogens is 6. The number of nitrogens with zero attached hydrogens (tertiary/aromatic N) is 1. The fraction of sp³-hybridized carbons (Fsp3) is 0.300. The number of ether oxygens (including phenoxy) is 8. The first kappa shape index (κ1) is 47.7. The van der Waals surface area contributed by atoms with Crippen LogP contribution in [0.3, 0.4) is 0 Å². The molecule has 0 aliphatic rings. The van der Waals surface area contributed by atoms with Gasteiger partial charge in [0, 0.05) is 28.1 Å². The Hall–Kier alpha value is -6.76. The maximum absolute atomic E-state index is 14.4. The molecule has 0 amide bonds. The normalized spacial score (nSPS) is 12.3. The number of carbonyl (C=O) groups is 2. The molecule has 350 valence electrons. The molecule has 0 bridgehead atoms. The first-order valence-corrected chi connectivity index (χ1v) is 21.0. The van der Waals surface area contributed by atoms with Crippen LogP contribution in [0.4, 0.5) is 26.3 Å². The van der Waals surface area contributed by atoms with Gasteiger partial charge in [0.05, 0.1) is 67.9 Å². The SMILES string of the molecule is COC(=O)c1c(OS(=O)(=O)C(F)(F)F)c2c(c3cc(OC)c(OC)cc13)c1c3cc(OC)c(OC)cc3c(C(=O)OC)c(OS(=O)(=O)C(F)(F)F)c1n2CCc1ccc(OC)c(OC)c1. The smallest absolute Gasteiger partial charge is 0.493 e. The van der Waals surface area contributed by atoms with Gasteiger partial charge in [0.25, 0.3) is 0 Å². The van der Waals surface area contributed by atoms with Gasteiger partial charge in [-0.1, -0.05) is 6.07 Å². The highest BCUT2D eigenvalue weighted by molar-refractivity contribution is 7.88. The van der Waals surface area contributed by atoms with E-state index >= 15 is 0 Å². The summed E-state index contributed by atoms with van der Waals surface area (Å²) in [5.41, 5.74) is -15.6. The molecular formula is C40H35F6NO16S2. The standard InChI is InChI=1S/C40H35F6NO16S2/c1-54-23-10-9-18(13-24(23)55-2)11-12-47-33-29(19-14-25(56-3)27(58-5)16-21(19)31(37(48)60-7)35(33)62-64(50,51)39(41,42)43)30-20-15-26(57-4)28(59-6)17-22(20)32(38(49)61-8)36(34(30)47)63-65(52,53)40(44,45)46/h9-10,13-17H,11-12H2,1-8H3. The van der Waals surface area contributed by atoms with Crippen LogP contribution < -0.4 is 36.8 Å². The maximum atomic E-state index is 14.4. The Morgan fingerprint density at radius 1 is 0.508 bits per heavy atom. The van der Waals surface area contributed by atoms with Crippen molar-refractivity contribution in [1.29, 1.82) is 0 Å². The van der Waals surface area contributed by atoms with Crippen LogP contribution in [-0.2, 0) is 42.7 Å². The summed E-state index contributed by atoms with van der Waals surface area (Å²) in [4.78, 5) is 27.9. The van der Waals surface area contributed by atoms with Crippen LogP contribution in [0.2, 0.25) is 0 Å². The Morgan fingerprint density at radius 2 is 0.846 bits per heavy atom. The lowest BCUT2D eigenvalue weighted by molar-refractivity contribution is -0.0504. The summed E-state index contributed by atoms with van der Waals surface area (Å²) in [7, 11) is -4.65. The summed E-state index contributed by atoms with van der Waals surface area (Å²) in [6.07, 6.45) is -0.300. The highest BCUT2D eigenvalue weighted by Gasteiger charge is 2.51. The van der Waals surface area contributed by atoms with Crippen LogP contribution in [0, 0.1) is 0 Å². The summed E-state index contributed by atoms with van der Waals surface area (Å²) < 4.78 is 192.